The molecule has 0 aliphatic carbocycles. The number of allylic oxidation sites excluding steroid dienone is 1. The first-order valence-electron chi connectivity index (χ1n) is 6.09. The van der Waals surface area contributed by atoms with E-state index in [0.29, 0.717) is 5.56 Å². The van der Waals surface area contributed by atoms with Gasteiger partial charge in [0.1, 0.15) is 0 Å². The van der Waals surface area contributed by atoms with Gasteiger partial charge < -0.3 is 0 Å². The van der Waals surface area contributed by atoms with Gasteiger partial charge in [-0.2, -0.15) is 0 Å². The fourth-order valence-corrected chi connectivity index (χ4v) is 3.27. The molecule has 4 heteroatoms. The topological polar surface area (TPSA) is 51.2 Å². The lowest BCUT2D eigenvalue weighted by molar-refractivity contribution is -0.112. The molecule has 2 aromatic rings. The summed E-state index contributed by atoms with van der Waals surface area (Å²) in [6, 6.07) is 14.9. The van der Waals surface area contributed by atoms with Crippen molar-refractivity contribution in [2.45, 2.75) is 16.7 Å². The highest BCUT2D eigenvalue weighted by atomic mass is 32.2. The summed E-state index contributed by atoms with van der Waals surface area (Å²) in [5.41, 5.74) is 0.506. The number of hydrogen-bond donors (Lipinski definition) is 0. The Hall–Kier alpha value is -2.20. The summed E-state index contributed by atoms with van der Waals surface area (Å²) in [6.45, 7) is 1.42. The largest absolute Gasteiger partial charge is 0.295 e. The van der Waals surface area contributed by atoms with Crippen molar-refractivity contribution in [3.63, 3.8) is 0 Å². The molecule has 2 rings (SSSR count). The van der Waals surface area contributed by atoms with Crippen LogP contribution in [0.3, 0.4) is 0 Å². The third-order valence-electron chi connectivity index (χ3n) is 2.76. The standard InChI is InChI=1S/C16H14O3S/c1-13(17)11-12-14-7-5-6-10-16(14)20(18,19)15-8-3-2-4-9-15/h2-12H,1H3/b12-11+. The lowest BCUT2D eigenvalue weighted by Crippen LogP contribution is -2.03. The van der Waals surface area contributed by atoms with Crippen molar-refractivity contribution in [2.75, 3.05) is 0 Å². The second-order valence-electron chi connectivity index (χ2n) is 4.30. The van der Waals surface area contributed by atoms with E-state index < -0.39 is 9.84 Å². The maximum atomic E-state index is 12.6. The fourth-order valence-electron chi connectivity index (χ4n) is 1.80. The summed E-state index contributed by atoms with van der Waals surface area (Å²) in [5.74, 6) is -0.128. The van der Waals surface area contributed by atoms with Crippen LogP contribution in [0.25, 0.3) is 6.08 Å². The Morgan fingerprint density at radius 1 is 0.950 bits per heavy atom. The van der Waals surface area contributed by atoms with E-state index in [4.69, 9.17) is 0 Å². The van der Waals surface area contributed by atoms with Crippen LogP contribution in [0.2, 0.25) is 0 Å². The quantitative estimate of drug-likeness (QED) is 0.811. The van der Waals surface area contributed by atoms with Gasteiger partial charge in [0.2, 0.25) is 9.84 Å². The highest BCUT2D eigenvalue weighted by Gasteiger charge is 2.19. The van der Waals surface area contributed by atoms with E-state index in [9.17, 15) is 13.2 Å². The van der Waals surface area contributed by atoms with Gasteiger partial charge in [-0.15, -0.1) is 0 Å². The molecule has 0 bridgehead atoms. The predicted octanol–water partition coefficient (Wildman–Crippen LogP) is 3.12. The first-order chi connectivity index (χ1) is 9.51. The molecule has 0 N–H and O–H groups in total. The number of sulfone groups is 1. The molecule has 0 radical (unpaired) electrons. The van der Waals surface area contributed by atoms with Crippen molar-refractivity contribution in [3.05, 3.63) is 66.2 Å². The molecule has 20 heavy (non-hydrogen) atoms. The van der Waals surface area contributed by atoms with Crippen LogP contribution in [0, 0.1) is 0 Å². The van der Waals surface area contributed by atoms with Crippen LogP contribution in [0.5, 0.6) is 0 Å². The molecule has 3 nitrogen and oxygen atoms in total. The van der Waals surface area contributed by atoms with Crippen LogP contribution in [-0.4, -0.2) is 14.2 Å². The van der Waals surface area contributed by atoms with Gasteiger partial charge in [-0.1, -0.05) is 42.5 Å². The van der Waals surface area contributed by atoms with Crippen LogP contribution >= 0.6 is 0 Å². The van der Waals surface area contributed by atoms with Gasteiger partial charge in [-0.3, -0.25) is 4.79 Å². The SMILES string of the molecule is CC(=O)/C=C/c1ccccc1S(=O)(=O)c1ccccc1. The Kier molecular flexibility index (Phi) is 4.15. The second kappa shape index (κ2) is 5.84. The molecule has 2 aromatic carbocycles. The van der Waals surface area contributed by atoms with Crippen molar-refractivity contribution in [3.8, 4) is 0 Å². The van der Waals surface area contributed by atoms with E-state index in [0.717, 1.165) is 0 Å². The molecule has 0 aliphatic heterocycles. The fraction of sp³-hybridized carbons (Fsp3) is 0.0625. The summed E-state index contributed by atoms with van der Waals surface area (Å²) in [4.78, 5) is 11.4. The van der Waals surface area contributed by atoms with Crippen molar-refractivity contribution in [1.82, 2.24) is 0 Å². The first kappa shape index (κ1) is 14.2. The number of hydrogen-bond acceptors (Lipinski definition) is 3. The number of benzene rings is 2. The van der Waals surface area contributed by atoms with Crippen molar-refractivity contribution < 1.29 is 13.2 Å². The van der Waals surface area contributed by atoms with Gasteiger partial charge in [0.05, 0.1) is 9.79 Å². The Labute approximate surface area is 118 Å². The predicted molar refractivity (Wildman–Crippen MR) is 78.1 cm³/mol. The minimum absolute atomic E-state index is 0.128. The van der Waals surface area contributed by atoms with Crippen LogP contribution in [-0.2, 0) is 14.6 Å². The average molecular weight is 286 g/mol. The molecule has 0 aliphatic rings. The first-order valence-corrected chi connectivity index (χ1v) is 7.58. The minimum atomic E-state index is -3.58. The highest BCUT2D eigenvalue weighted by molar-refractivity contribution is 7.91. The monoisotopic (exact) mass is 286 g/mol. The van der Waals surface area contributed by atoms with Gasteiger partial charge in [-0.05, 0) is 36.8 Å². The summed E-state index contributed by atoms with van der Waals surface area (Å²) in [6.07, 6.45) is 2.89. The van der Waals surface area contributed by atoms with Gasteiger partial charge in [0.25, 0.3) is 0 Å². The van der Waals surface area contributed by atoms with Gasteiger partial charge in [-0.25, -0.2) is 8.42 Å². The van der Waals surface area contributed by atoms with Crippen LogP contribution in [0.15, 0.2) is 70.5 Å². The zero-order chi connectivity index (χ0) is 14.6. The molecular weight excluding hydrogens is 272 g/mol. The van der Waals surface area contributed by atoms with Gasteiger partial charge in [0.15, 0.2) is 5.78 Å². The number of carbonyl (C=O) groups is 1. The third-order valence-corrected chi connectivity index (χ3v) is 4.60. The molecule has 0 spiro atoms. The van der Waals surface area contributed by atoms with E-state index in [-0.39, 0.29) is 15.6 Å². The molecule has 0 aromatic heterocycles. The lowest BCUT2D eigenvalue weighted by Gasteiger charge is -2.07. The van der Waals surface area contributed by atoms with Gasteiger partial charge >= 0.3 is 0 Å². The Morgan fingerprint density at radius 3 is 2.20 bits per heavy atom. The maximum Gasteiger partial charge on any atom is 0.207 e. The minimum Gasteiger partial charge on any atom is -0.295 e. The highest BCUT2D eigenvalue weighted by Crippen LogP contribution is 2.24. The summed E-state index contributed by atoms with van der Waals surface area (Å²) >= 11 is 0. The summed E-state index contributed by atoms with van der Waals surface area (Å²) < 4.78 is 25.2. The molecule has 0 heterocycles. The third kappa shape index (κ3) is 3.03. The second-order valence-corrected chi connectivity index (χ2v) is 6.22. The zero-order valence-electron chi connectivity index (χ0n) is 11.0. The summed E-state index contributed by atoms with van der Waals surface area (Å²) in [7, 11) is -3.58. The van der Waals surface area contributed by atoms with Crippen molar-refractivity contribution in [1.29, 1.82) is 0 Å². The molecule has 0 saturated heterocycles. The molecule has 102 valence electrons. The van der Waals surface area contributed by atoms with E-state index >= 15 is 0 Å². The van der Waals surface area contributed by atoms with E-state index in [1.807, 2.05) is 0 Å². The Morgan fingerprint density at radius 2 is 1.55 bits per heavy atom. The molecule has 0 atom stereocenters. The van der Waals surface area contributed by atoms with E-state index in [2.05, 4.69) is 0 Å². The molecular formula is C16H14O3S. The maximum absolute atomic E-state index is 12.6. The van der Waals surface area contributed by atoms with Crippen LogP contribution in [0.4, 0.5) is 0 Å². The van der Waals surface area contributed by atoms with Gasteiger partial charge in [0, 0.05) is 0 Å². The summed E-state index contributed by atoms with van der Waals surface area (Å²) in [5, 5.41) is 0. The van der Waals surface area contributed by atoms with E-state index in [1.54, 1.807) is 54.6 Å². The Balaban J connectivity index is 2.56. The normalized spacial score (nSPS) is 11.7. The Bertz CT molecular complexity index is 744. The number of rotatable bonds is 4. The average Bonchev–Trinajstić information content (AvgIpc) is 2.46. The van der Waals surface area contributed by atoms with Crippen molar-refractivity contribution >= 4 is 21.7 Å². The van der Waals surface area contributed by atoms with Crippen LogP contribution in [0.1, 0.15) is 12.5 Å². The molecule has 0 unspecified atom stereocenters. The molecule has 0 saturated carbocycles. The number of ketones is 1. The molecule has 0 amide bonds. The molecule has 0 fully saturated rings. The van der Waals surface area contributed by atoms with Crippen LogP contribution < -0.4 is 0 Å². The smallest absolute Gasteiger partial charge is 0.207 e. The lowest BCUT2D eigenvalue weighted by atomic mass is 10.2. The van der Waals surface area contributed by atoms with E-state index in [1.165, 1.54) is 19.1 Å². The van der Waals surface area contributed by atoms with Crippen molar-refractivity contribution in [2.24, 2.45) is 0 Å². The number of carbonyl (C=O) groups excluding carboxylic acids is 1. The zero-order valence-corrected chi connectivity index (χ0v) is 11.8.